The van der Waals surface area contributed by atoms with Crippen LogP contribution in [0.2, 0.25) is 5.02 Å². The molecule has 29 heavy (non-hydrogen) atoms. The molecule has 1 aromatic rings. The smallest absolute Gasteiger partial charge is 0.223 e. The van der Waals surface area contributed by atoms with Crippen LogP contribution in [-0.4, -0.2) is 51.9 Å². The minimum absolute atomic E-state index is 0.0302. The Bertz CT molecular complexity index is 768. The number of halogens is 1. The molecule has 2 unspecified atom stereocenters. The van der Waals surface area contributed by atoms with Gasteiger partial charge in [-0.25, -0.2) is 0 Å². The second-order valence-corrected chi connectivity index (χ2v) is 10.6. The van der Waals surface area contributed by atoms with E-state index in [0.29, 0.717) is 48.5 Å². The first-order chi connectivity index (χ1) is 13.8. The van der Waals surface area contributed by atoms with Crippen molar-refractivity contribution in [3.8, 4) is 5.75 Å². The molecule has 0 radical (unpaired) electrons. The maximum Gasteiger partial charge on any atom is 0.223 e. The Morgan fingerprint density at radius 1 is 1.17 bits per heavy atom. The number of likely N-dealkylation sites (tertiary alicyclic amines) is 1. The summed E-state index contributed by atoms with van der Waals surface area (Å²) in [5.74, 6) is 1.97. The molecule has 4 atom stereocenters. The van der Waals surface area contributed by atoms with Crippen LogP contribution in [0.25, 0.3) is 0 Å². The Labute approximate surface area is 177 Å². The van der Waals surface area contributed by atoms with Gasteiger partial charge in [-0.3, -0.25) is 4.79 Å². The third kappa shape index (κ3) is 3.89. The molecule has 1 heterocycles. The van der Waals surface area contributed by atoms with E-state index in [0.717, 1.165) is 32.1 Å². The summed E-state index contributed by atoms with van der Waals surface area (Å²) in [5.41, 5.74) is -0.569. The van der Waals surface area contributed by atoms with E-state index >= 15 is 0 Å². The van der Waals surface area contributed by atoms with Gasteiger partial charge in [0.15, 0.2) is 0 Å². The Morgan fingerprint density at radius 2 is 1.86 bits per heavy atom. The highest BCUT2D eigenvalue weighted by Crippen LogP contribution is 2.62. The van der Waals surface area contributed by atoms with Gasteiger partial charge in [-0.2, -0.15) is 0 Å². The first kappa shape index (κ1) is 19.7. The lowest BCUT2D eigenvalue weighted by molar-refractivity contribution is -0.173. The van der Waals surface area contributed by atoms with Gasteiger partial charge in [0.25, 0.3) is 0 Å². The average Bonchev–Trinajstić information content (AvgIpc) is 2.62. The molecule has 4 saturated carbocycles. The van der Waals surface area contributed by atoms with Crippen molar-refractivity contribution >= 4 is 17.5 Å². The van der Waals surface area contributed by atoms with Crippen LogP contribution in [0.4, 0.5) is 0 Å². The van der Waals surface area contributed by atoms with Crippen LogP contribution in [-0.2, 0) is 4.79 Å². The summed E-state index contributed by atoms with van der Waals surface area (Å²) >= 11 is 5.91. The molecule has 1 amide bonds. The van der Waals surface area contributed by atoms with E-state index in [-0.39, 0.29) is 17.4 Å². The average molecular weight is 420 g/mol. The lowest BCUT2D eigenvalue weighted by atomic mass is 9.47. The largest absolute Gasteiger partial charge is 0.488 e. The first-order valence-electron chi connectivity index (χ1n) is 10.9. The normalized spacial score (nSPS) is 40.9. The summed E-state index contributed by atoms with van der Waals surface area (Å²) in [7, 11) is 0. The molecule has 4 bridgehead atoms. The lowest BCUT2D eigenvalue weighted by Gasteiger charge is -2.60. The number of β-amino-alcohol motifs (C(OH)–C–C–N with tert-alkyl or cyclic N) is 1. The van der Waals surface area contributed by atoms with Crippen molar-refractivity contribution in [1.29, 1.82) is 0 Å². The van der Waals surface area contributed by atoms with Crippen molar-refractivity contribution in [2.75, 3.05) is 13.1 Å². The highest BCUT2D eigenvalue weighted by Gasteiger charge is 2.57. The fourth-order valence-corrected chi connectivity index (χ4v) is 7.13. The van der Waals surface area contributed by atoms with Crippen LogP contribution in [0.1, 0.15) is 51.4 Å². The molecule has 1 aliphatic heterocycles. The van der Waals surface area contributed by atoms with Gasteiger partial charge in [0.1, 0.15) is 18.0 Å². The maximum atomic E-state index is 13.1. The van der Waals surface area contributed by atoms with Crippen molar-refractivity contribution in [2.24, 2.45) is 17.3 Å². The fraction of sp³-hybridized carbons (Fsp3) is 0.696. The Balaban J connectivity index is 1.19. The van der Waals surface area contributed by atoms with Gasteiger partial charge in [0, 0.05) is 24.4 Å². The number of rotatable bonds is 4. The van der Waals surface area contributed by atoms with Gasteiger partial charge in [-0.05, 0) is 80.0 Å². The zero-order valence-corrected chi connectivity index (χ0v) is 17.5. The second kappa shape index (κ2) is 7.14. The zero-order chi connectivity index (χ0) is 20.2. The number of aliphatic hydroxyl groups is 2. The summed E-state index contributed by atoms with van der Waals surface area (Å²) in [6.07, 6.45) is 6.10. The molecule has 6 rings (SSSR count). The number of benzene rings is 1. The molecule has 4 aliphatic carbocycles. The zero-order valence-electron chi connectivity index (χ0n) is 16.7. The minimum atomic E-state index is -0.705. The number of carbonyl (C=O) groups excluding carboxylic acids is 1. The third-order valence-electron chi connectivity index (χ3n) is 7.65. The van der Waals surface area contributed by atoms with Gasteiger partial charge >= 0.3 is 0 Å². The van der Waals surface area contributed by atoms with E-state index < -0.39 is 11.7 Å². The van der Waals surface area contributed by atoms with Gasteiger partial charge in [-0.15, -0.1) is 0 Å². The van der Waals surface area contributed by atoms with Crippen LogP contribution < -0.4 is 4.74 Å². The summed E-state index contributed by atoms with van der Waals surface area (Å²) < 4.78 is 5.92. The number of ether oxygens (including phenoxy) is 1. The Kier molecular flexibility index (Phi) is 4.84. The second-order valence-electron chi connectivity index (χ2n) is 10.2. The molecular weight excluding hydrogens is 390 g/mol. The van der Waals surface area contributed by atoms with Gasteiger partial charge in [0.2, 0.25) is 5.91 Å². The molecule has 0 spiro atoms. The maximum absolute atomic E-state index is 13.1. The number of carbonyl (C=O) groups is 1. The molecule has 1 aromatic carbocycles. The van der Waals surface area contributed by atoms with Crippen molar-refractivity contribution in [3.63, 3.8) is 0 Å². The topological polar surface area (TPSA) is 70.0 Å². The van der Waals surface area contributed by atoms with Gasteiger partial charge < -0.3 is 19.8 Å². The number of hydrogen-bond donors (Lipinski definition) is 2. The highest BCUT2D eigenvalue weighted by molar-refractivity contribution is 6.30. The highest BCUT2D eigenvalue weighted by atomic mass is 35.5. The van der Waals surface area contributed by atoms with Crippen LogP contribution in [0, 0.1) is 17.3 Å². The predicted octanol–water partition coefficient (Wildman–Crippen LogP) is 3.40. The summed E-state index contributed by atoms with van der Waals surface area (Å²) in [6.45, 7) is 0.908. The van der Waals surface area contributed by atoms with E-state index in [1.807, 2.05) is 0 Å². The van der Waals surface area contributed by atoms with E-state index in [1.54, 1.807) is 29.2 Å². The number of amides is 1. The van der Waals surface area contributed by atoms with Crippen LogP contribution >= 0.6 is 11.6 Å². The van der Waals surface area contributed by atoms with Gasteiger partial charge in [-0.1, -0.05) is 11.6 Å². The van der Waals surface area contributed by atoms with Crippen LogP contribution in [0.3, 0.4) is 0 Å². The summed E-state index contributed by atoms with van der Waals surface area (Å²) in [4.78, 5) is 14.9. The van der Waals surface area contributed by atoms with Gasteiger partial charge in [0.05, 0.1) is 12.1 Å². The Hall–Kier alpha value is -1.30. The molecule has 5 fully saturated rings. The summed E-state index contributed by atoms with van der Waals surface area (Å²) in [6, 6.07) is 7.12. The summed E-state index contributed by atoms with van der Waals surface area (Å²) in [5, 5.41) is 22.2. The Morgan fingerprint density at radius 3 is 2.48 bits per heavy atom. The number of aliphatic hydroxyl groups excluding tert-OH is 1. The third-order valence-corrected chi connectivity index (χ3v) is 7.90. The lowest BCUT2D eigenvalue weighted by Crippen LogP contribution is -2.57. The molecule has 1 saturated heterocycles. The molecule has 0 aromatic heterocycles. The standard InChI is InChI=1S/C23H30ClNO4/c24-17-1-3-18(4-2-17)29-20-5-6-25(13-19(20)26)21(27)12-22-8-15-7-16(9-22)11-23(28,10-15)14-22/h1-4,15-16,19-20,26,28H,5-14H2/t15?,16?,19-,20-,22?,23?/m1/s1. The van der Waals surface area contributed by atoms with E-state index in [9.17, 15) is 15.0 Å². The number of piperidine rings is 1. The first-order valence-corrected chi connectivity index (χ1v) is 11.3. The number of hydrogen-bond acceptors (Lipinski definition) is 4. The van der Waals surface area contributed by atoms with Crippen molar-refractivity contribution in [1.82, 2.24) is 4.90 Å². The van der Waals surface area contributed by atoms with Crippen molar-refractivity contribution in [2.45, 2.75) is 69.2 Å². The molecule has 6 heteroatoms. The molecular formula is C23H30ClNO4. The van der Waals surface area contributed by atoms with Crippen molar-refractivity contribution < 1.29 is 19.7 Å². The van der Waals surface area contributed by atoms with Crippen LogP contribution in [0.15, 0.2) is 24.3 Å². The number of nitrogens with zero attached hydrogens (tertiary/aromatic N) is 1. The minimum Gasteiger partial charge on any atom is -0.488 e. The SMILES string of the molecule is O=C(CC12CC3CC(CC(O)(C3)C1)C2)N1CC[C@@H](Oc2ccc(Cl)cc2)[C@H](O)C1. The molecule has 158 valence electrons. The van der Waals surface area contributed by atoms with Crippen LogP contribution in [0.5, 0.6) is 5.75 Å². The molecule has 2 N–H and O–H groups in total. The quantitative estimate of drug-likeness (QED) is 0.784. The van der Waals surface area contributed by atoms with E-state index in [2.05, 4.69) is 0 Å². The van der Waals surface area contributed by atoms with E-state index in [1.165, 1.54) is 6.42 Å². The molecule has 5 nitrogen and oxygen atoms in total. The van der Waals surface area contributed by atoms with Crippen molar-refractivity contribution in [3.05, 3.63) is 29.3 Å². The van der Waals surface area contributed by atoms with E-state index in [4.69, 9.17) is 16.3 Å². The molecule has 5 aliphatic rings. The fourth-order valence-electron chi connectivity index (χ4n) is 7.00. The monoisotopic (exact) mass is 419 g/mol. The predicted molar refractivity (Wildman–Crippen MR) is 110 cm³/mol.